The Bertz CT molecular complexity index is 379. The first-order chi connectivity index (χ1) is 5.38. The zero-order chi connectivity index (χ0) is 7.68. The summed E-state index contributed by atoms with van der Waals surface area (Å²) in [5.74, 6) is 0. The lowest BCUT2D eigenvalue weighted by molar-refractivity contribution is 1.01. The number of fused-ring (bicyclic) bond motifs is 1. The van der Waals surface area contributed by atoms with E-state index in [0.29, 0.717) is 0 Å². The molecule has 2 heteroatoms. The molecule has 1 aliphatic heterocycles. The van der Waals surface area contributed by atoms with Crippen LogP contribution in [0.25, 0.3) is 11.9 Å². The van der Waals surface area contributed by atoms with E-state index in [2.05, 4.69) is 5.32 Å². The molecule has 0 aromatic heterocycles. The molecule has 1 aliphatic rings. The van der Waals surface area contributed by atoms with Crippen molar-refractivity contribution in [3.05, 3.63) is 34.7 Å². The molecular formula is C9H10N2. The van der Waals surface area contributed by atoms with Crippen molar-refractivity contribution in [3.63, 3.8) is 0 Å². The van der Waals surface area contributed by atoms with Gasteiger partial charge in [0.15, 0.2) is 0 Å². The van der Waals surface area contributed by atoms with Crippen molar-refractivity contribution >= 4 is 11.9 Å². The predicted octanol–water partition coefficient (Wildman–Crippen LogP) is -0.905. The van der Waals surface area contributed by atoms with Gasteiger partial charge < -0.3 is 11.1 Å². The van der Waals surface area contributed by atoms with E-state index in [1.807, 2.05) is 30.5 Å². The van der Waals surface area contributed by atoms with Gasteiger partial charge in [-0.2, -0.15) is 0 Å². The molecule has 0 saturated carbocycles. The fraction of sp³-hybridized carbons (Fsp3) is 0.111. The van der Waals surface area contributed by atoms with Crippen molar-refractivity contribution in [2.75, 3.05) is 6.54 Å². The Morgan fingerprint density at radius 3 is 2.91 bits per heavy atom. The molecule has 0 bridgehead atoms. The molecule has 2 nitrogen and oxygen atoms in total. The third-order valence-electron chi connectivity index (χ3n) is 1.86. The zero-order valence-corrected chi connectivity index (χ0v) is 6.17. The van der Waals surface area contributed by atoms with Gasteiger partial charge in [-0.05, 0) is 5.22 Å². The van der Waals surface area contributed by atoms with Gasteiger partial charge in [-0.25, -0.2) is 0 Å². The summed E-state index contributed by atoms with van der Waals surface area (Å²) >= 11 is 0. The van der Waals surface area contributed by atoms with Gasteiger partial charge in [0, 0.05) is 17.1 Å². The maximum Gasteiger partial charge on any atom is 0.0546 e. The van der Waals surface area contributed by atoms with Gasteiger partial charge in [0.1, 0.15) is 0 Å². The van der Waals surface area contributed by atoms with Gasteiger partial charge in [0.05, 0.1) is 6.54 Å². The van der Waals surface area contributed by atoms with Gasteiger partial charge in [-0.15, -0.1) is 0 Å². The summed E-state index contributed by atoms with van der Waals surface area (Å²) in [5, 5.41) is 5.44. The lowest BCUT2D eigenvalue weighted by Gasteiger charge is -2.07. The molecule has 1 aromatic carbocycles. The smallest absolute Gasteiger partial charge is 0.0546 e. The highest BCUT2D eigenvalue weighted by atomic mass is 14.9. The number of hydrogen-bond acceptors (Lipinski definition) is 2. The number of rotatable bonds is 0. The molecule has 0 atom stereocenters. The van der Waals surface area contributed by atoms with Crippen LogP contribution in [0.1, 0.15) is 0 Å². The monoisotopic (exact) mass is 146 g/mol. The molecule has 0 radical (unpaired) electrons. The van der Waals surface area contributed by atoms with Crippen molar-refractivity contribution in [3.8, 4) is 0 Å². The maximum atomic E-state index is 5.78. The highest BCUT2D eigenvalue weighted by Gasteiger charge is 1.96. The molecule has 0 saturated heterocycles. The van der Waals surface area contributed by atoms with Crippen molar-refractivity contribution in [2.45, 2.75) is 0 Å². The van der Waals surface area contributed by atoms with Crippen LogP contribution in [0.3, 0.4) is 0 Å². The second-order valence-electron chi connectivity index (χ2n) is 2.64. The van der Waals surface area contributed by atoms with Crippen LogP contribution in [0, 0.1) is 0 Å². The molecule has 56 valence electrons. The van der Waals surface area contributed by atoms with Crippen LogP contribution in [0.5, 0.6) is 0 Å². The first-order valence-corrected chi connectivity index (χ1v) is 3.65. The predicted molar refractivity (Wildman–Crippen MR) is 45.8 cm³/mol. The van der Waals surface area contributed by atoms with Crippen LogP contribution in [0.2, 0.25) is 0 Å². The summed E-state index contributed by atoms with van der Waals surface area (Å²) in [6, 6.07) is 8.11. The standard InChI is InChI=1S/C9H10N2/c10-9-6-11-5-7-3-1-2-4-8(7)9/h1-5,11H,6,10H2. The van der Waals surface area contributed by atoms with E-state index < -0.39 is 0 Å². The van der Waals surface area contributed by atoms with Crippen molar-refractivity contribution in [1.82, 2.24) is 5.32 Å². The molecule has 3 N–H and O–H groups in total. The molecule has 1 heterocycles. The zero-order valence-electron chi connectivity index (χ0n) is 6.17. The van der Waals surface area contributed by atoms with Crippen molar-refractivity contribution in [2.24, 2.45) is 5.73 Å². The summed E-state index contributed by atoms with van der Waals surface area (Å²) in [5.41, 5.74) is 6.70. The summed E-state index contributed by atoms with van der Waals surface area (Å²) in [7, 11) is 0. The third kappa shape index (κ3) is 0.963. The summed E-state index contributed by atoms with van der Waals surface area (Å²) < 4.78 is 0. The largest absolute Gasteiger partial charge is 0.400 e. The Labute approximate surface area is 65.0 Å². The third-order valence-corrected chi connectivity index (χ3v) is 1.86. The van der Waals surface area contributed by atoms with E-state index in [0.717, 1.165) is 17.5 Å². The summed E-state index contributed by atoms with van der Waals surface area (Å²) in [6.45, 7) is 0.761. The maximum absolute atomic E-state index is 5.78. The first kappa shape index (κ1) is 6.28. The van der Waals surface area contributed by atoms with Crippen LogP contribution >= 0.6 is 0 Å². The van der Waals surface area contributed by atoms with Crippen LogP contribution in [0.4, 0.5) is 0 Å². The lowest BCUT2D eigenvalue weighted by atomic mass is 10.2. The molecule has 11 heavy (non-hydrogen) atoms. The van der Waals surface area contributed by atoms with E-state index in [1.165, 1.54) is 5.22 Å². The highest BCUT2D eigenvalue weighted by molar-refractivity contribution is 5.48. The molecule has 0 aliphatic carbocycles. The normalized spacial score (nSPS) is 14.7. The Kier molecular flexibility index (Phi) is 1.32. The highest BCUT2D eigenvalue weighted by Crippen LogP contribution is 1.81. The second-order valence-corrected chi connectivity index (χ2v) is 2.64. The lowest BCUT2D eigenvalue weighted by Crippen LogP contribution is -2.38. The Morgan fingerprint density at radius 1 is 1.27 bits per heavy atom. The summed E-state index contributed by atoms with van der Waals surface area (Å²) in [4.78, 5) is 0. The minimum Gasteiger partial charge on any atom is -0.400 e. The minimum absolute atomic E-state index is 0.761. The molecule has 1 aromatic rings. The van der Waals surface area contributed by atoms with E-state index >= 15 is 0 Å². The number of nitrogens with one attached hydrogen (secondary N) is 1. The van der Waals surface area contributed by atoms with E-state index in [-0.39, 0.29) is 0 Å². The summed E-state index contributed by atoms with van der Waals surface area (Å²) in [6.07, 6.45) is 1.99. The van der Waals surface area contributed by atoms with Gasteiger partial charge in [0.2, 0.25) is 0 Å². The van der Waals surface area contributed by atoms with Crippen LogP contribution in [-0.2, 0) is 0 Å². The fourth-order valence-electron chi connectivity index (χ4n) is 1.28. The minimum atomic E-state index is 0.761. The van der Waals surface area contributed by atoms with Gasteiger partial charge in [-0.3, -0.25) is 0 Å². The number of nitrogens with two attached hydrogens (primary N) is 1. The molecule has 0 unspecified atom stereocenters. The fourth-order valence-corrected chi connectivity index (χ4v) is 1.28. The Hall–Kier alpha value is -1.44. The Balaban J connectivity index is 2.89. The van der Waals surface area contributed by atoms with E-state index in [1.54, 1.807) is 0 Å². The quantitative estimate of drug-likeness (QED) is 0.497. The SMILES string of the molecule is NC1=c2ccccc2=CNC1. The molecule has 0 amide bonds. The van der Waals surface area contributed by atoms with Gasteiger partial charge in [-0.1, -0.05) is 24.3 Å². The number of benzene rings is 1. The average Bonchev–Trinajstić information content (AvgIpc) is 2.06. The average molecular weight is 146 g/mol. The number of hydrogen-bond donors (Lipinski definition) is 2. The van der Waals surface area contributed by atoms with Crippen LogP contribution in [0.15, 0.2) is 24.3 Å². The van der Waals surface area contributed by atoms with Gasteiger partial charge >= 0.3 is 0 Å². The molecule has 2 rings (SSSR count). The first-order valence-electron chi connectivity index (χ1n) is 3.65. The molecule has 0 fully saturated rings. The van der Waals surface area contributed by atoms with Crippen LogP contribution in [-0.4, -0.2) is 6.54 Å². The topological polar surface area (TPSA) is 38.0 Å². The van der Waals surface area contributed by atoms with E-state index in [9.17, 15) is 0 Å². The van der Waals surface area contributed by atoms with Crippen molar-refractivity contribution < 1.29 is 0 Å². The molecular weight excluding hydrogens is 136 g/mol. The Morgan fingerprint density at radius 2 is 2.09 bits per heavy atom. The second kappa shape index (κ2) is 2.31. The van der Waals surface area contributed by atoms with Crippen molar-refractivity contribution in [1.29, 1.82) is 0 Å². The van der Waals surface area contributed by atoms with Gasteiger partial charge in [0.25, 0.3) is 0 Å². The van der Waals surface area contributed by atoms with E-state index in [4.69, 9.17) is 5.73 Å². The molecule has 0 spiro atoms. The van der Waals surface area contributed by atoms with Crippen LogP contribution < -0.4 is 21.5 Å².